The second-order valence-electron chi connectivity index (χ2n) is 12.7. The van der Waals surface area contributed by atoms with Crippen molar-refractivity contribution in [2.75, 3.05) is 19.6 Å². The van der Waals surface area contributed by atoms with E-state index in [-0.39, 0.29) is 41.1 Å². The van der Waals surface area contributed by atoms with Crippen LogP contribution >= 0.6 is 34.8 Å². The maximum atomic E-state index is 15.1. The van der Waals surface area contributed by atoms with E-state index in [1.54, 1.807) is 24.3 Å². The van der Waals surface area contributed by atoms with Gasteiger partial charge in [-0.25, -0.2) is 4.98 Å². The summed E-state index contributed by atoms with van der Waals surface area (Å²) in [5, 5.41) is 11.1. The number of hydrazine groups is 1. The number of rotatable bonds is 5. The maximum Gasteiger partial charge on any atom is 0.417 e. The number of nitrogens with zero attached hydrogens (tertiary/aromatic N) is 3. The molecule has 7 rings (SSSR count). The highest BCUT2D eigenvalue weighted by Gasteiger charge is 2.70. The highest BCUT2D eigenvalue weighted by molar-refractivity contribution is 6.33. The number of hydrogen-bond donors (Lipinski definition) is 2. The molecule has 2 aromatic carbocycles. The van der Waals surface area contributed by atoms with Gasteiger partial charge in [0.05, 0.1) is 45.9 Å². The first-order valence-corrected chi connectivity index (χ1v) is 16.5. The fourth-order valence-electron chi connectivity index (χ4n) is 8.23. The number of hydrogen-bond acceptors (Lipinski definition) is 8. The smallest absolute Gasteiger partial charge is 0.417 e. The molecule has 6 unspecified atom stereocenters. The standard InChI is InChI=1S/C34H26Cl3F3N4O6/c1-43-29(46)19-8-7-18-20(25(19)31(43)48)12-21-30(47)44(42-28-23(37)11-16(13-41-28)34(38,39)40)32(49)33(21,15-3-5-17(35)6-4-15)26(18)14-9-22(36)27(45)24(10-14)50-2/h3-7,9-11,13,19-21,25-26,45H,8,12H2,1-2H3,(H,41,42). The molecule has 3 heterocycles. The first kappa shape index (κ1) is 34.1. The number of benzene rings is 2. The minimum atomic E-state index is -4.75. The largest absolute Gasteiger partial charge is 0.503 e. The molecule has 3 fully saturated rings. The molecule has 2 aliphatic heterocycles. The van der Waals surface area contributed by atoms with Gasteiger partial charge in [0.25, 0.3) is 11.8 Å². The monoisotopic (exact) mass is 748 g/mol. The van der Waals surface area contributed by atoms with Gasteiger partial charge in [0, 0.05) is 24.2 Å². The van der Waals surface area contributed by atoms with Crippen LogP contribution in [-0.4, -0.2) is 57.8 Å². The Bertz CT molecular complexity index is 2030. The molecule has 50 heavy (non-hydrogen) atoms. The average Bonchev–Trinajstić information content (AvgIpc) is 3.43. The molecule has 6 atom stereocenters. The summed E-state index contributed by atoms with van der Waals surface area (Å²) in [7, 11) is 2.72. The lowest BCUT2D eigenvalue weighted by Crippen LogP contribution is -2.53. The summed E-state index contributed by atoms with van der Waals surface area (Å²) in [6, 6.07) is 9.87. The zero-order valence-corrected chi connectivity index (χ0v) is 28.4. The molecule has 4 amide bonds. The number of carbonyl (C=O) groups excluding carboxylic acids is 4. The molecule has 2 N–H and O–H groups in total. The minimum Gasteiger partial charge on any atom is -0.503 e. The lowest BCUT2D eigenvalue weighted by molar-refractivity contribution is -0.140. The third kappa shape index (κ3) is 4.88. The predicted molar refractivity (Wildman–Crippen MR) is 174 cm³/mol. The van der Waals surface area contributed by atoms with Crippen LogP contribution in [0.15, 0.2) is 60.3 Å². The summed E-state index contributed by atoms with van der Waals surface area (Å²) in [6.45, 7) is 0. The summed E-state index contributed by atoms with van der Waals surface area (Å²) in [4.78, 5) is 61.4. The second kappa shape index (κ2) is 11.9. The van der Waals surface area contributed by atoms with E-state index in [0.29, 0.717) is 39.0 Å². The SMILES string of the molecule is COc1cc(C2C3=CCC4C(=O)N(C)C(=O)C4C3CC3C(=O)N(Nc4ncc(C(F)(F)F)cc4Cl)C(=O)C32c2ccc(Cl)cc2)cc(Cl)c1O. The third-order valence-electron chi connectivity index (χ3n) is 10.4. The van der Waals surface area contributed by atoms with Crippen LogP contribution in [0.1, 0.15) is 35.4 Å². The highest BCUT2D eigenvalue weighted by Crippen LogP contribution is 2.64. The van der Waals surface area contributed by atoms with Crippen molar-refractivity contribution in [2.45, 2.75) is 30.4 Å². The predicted octanol–water partition coefficient (Wildman–Crippen LogP) is 6.39. The Balaban J connectivity index is 1.47. The molecule has 4 aliphatic rings. The summed E-state index contributed by atoms with van der Waals surface area (Å²) in [6.07, 6.45) is -2.27. The molecule has 2 saturated heterocycles. The van der Waals surface area contributed by atoms with E-state index in [9.17, 15) is 32.7 Å². The topological polar surface area (TPSA) is 129 Å². The molecule has 1 aromatic heterocycles. The number of aromatic nitrogens is 1. The third-order valence-corrected chi connectivity index (χ3v) is 11.2. The lowest BCUT2D eigenvalue weighted by atomic mass is 9.49. The molecule has 10 nitrogen and oxygen atoms in total. The van der Waals surface area contributed by atoms with Gasteiger partial charge in [-0.05, 0) is 60.2 Å². The van der Waals surface area contributed by atoms with Gasteiger partial charge in [0.1, 0.15) is 0 Å². The zero-order valence-electron chi connectivity index (χ0n) is 26.1. The van der Waals surface area contributed by atoms with Crippen LogP contribution in [0, 0.1) is 23.7 Å². The Kier molecular flexibility index (Phi) is 8.11. The Labute approximate surface area is 297 Å². The van der Waals surface area contributed by atoms with E-state index in [4.69, 9.17) is 39.5 Å². The van der Waals surface area contributed by atoms with Gasteiger partial charge in [-0.15, -0.1) is 0 Å². The number of phenolic OH excluding ortho intramolecular Hbond substituents is 1. The van der Waals surface area contributed by atoms with E-state index < -0.39 is 69.5 Å². The molecular weight excluding hydrogens is 724 g/mol. The van der Waals surface area contributed by atoms with Crippen molar-refractivity contribution in [2.24, 2.45) is 23.7 Å². The number of ether oxygens (including phenoxy) is 1. The van der Waals surface area contributed by atoms with Crippen LogP contribution < -0.4 is 10.2 Å². The van der Waals surface area contributed by atoms with E-state index in [0.717, 1.165) is 4.90 Å². The molecule has 260 valence electrons. The summed E-state index contributed by atoms with van der Waals surface area (Å²) < 4.78 is 45.6. The number of phenols is 1. The fourth-order valence-corrected chi connectivity index (χ4v) is 8.78. The summed E-state index contributed by atoms with van der Waals surface area (Å²) >= 11 is 19.0. The number of amides is 4. The number of likely N-dealkylation sites (tertiary alicyclic amines) is 1. The Morgan fingerprint density at radius 1 is 0.980 bits per heavy atom. The quantitative estimate of drug-likeness (QED) is 0.227. The number of halogens is 6. The Morgan fingerprint density at radius 2 is 1.68 bits per heavy atom. The van der Waals surface area contributed by atoms with Gasteiger partial charge in [-0.2, -0.15) is 18.2 Å². The molecule has 16 heteroatoms. The maximum absolute atomic E-state index is 15.1. The number of aromatic hydroxyl groups is 1. The normalized spacial score (nSPS) is 27.6. The highest BCUT2D eigenvalue weighted by atomic mass is 35.5. The van der Waals surface area contributed by atoms with Crippen molar-refractivity contribution in [1.82, 2.24) is 14.9 Å². The van der Waals surface area contributed by atoms with Gasteiger partial charge in [-0.3, -0.25) is 29.5 Å². The van der Waals surface area contributed by atoms with Crippen LogP contribution in [-0.2, 0) is 30.8 Å². The number of pyridine rings is 1. The van der Waals surface area contributed by atoms with E-state index in [1.807, 2.05) is 6.08 Å². The van der Waals surface area contributed by atoms with Gasteiger partial charge in [0.15, 0.2) is 17.3 Å². The first-order valence-electron chi connectivity index (χ1n) is 15.3. The van der Waals surface area contributed by atoms with Gasteiger partial charge in [-0.1, -0.05) is 58.6 Å². The van der Waals surface area contributed by atoms with Crippen molar-refractivity contribution >= 4 is 64.2 Å². The Hall–Kier alpha value is -4.33. The molecule has 1 saturated carbocycles. The number of methoxy groups -OCH3 is 1. The molecule has 0 radical (unpaired) electrons. The van der Waals surface area contributed by atoms with Gasteiger partial charge in [0.2, 0.25) is 11.8 Å². The molecular formula is C34H26Cl3F3N4O6. The first-order chi connectivity index (χ1) is 23.6. The van der Waals surface area contributed by atoms with Crippen LogP contribution in [0.4, 0.5) is 19.0 Å². The van der Waals surface area contributed by atoms with Gasteiger partial charge >= 0.3 is 6.18 Å². The van der Waals surface area contributed by atoms with E-state index in [1.165, 1.54) is 26.3 Å². The molecule has 3 aromatic rings. The second-order valence-corrected chi connectivity index (χ2v) is 14.0. The summed E-state index contributed by atoms with van der Waals surface area (Å²) in [5.74, 6) is -7.53. The van der Waals surface area contributed by atoms with Crippen molar-refractivity contribution in [3.8, 4) is 11.5 Å². The number of nitrogens with one attached hydrogen (secondary N) is 1. The van der Waals surface area contributed by atoms with Crippen LogP contribution in [0.3, 0.4) is 0 Å². The number of anilines is 1. The lowest BCUT2D eigenvalue weighted by Gasteiger charge is -2.50. The number of alkyl halides is 3. The fraction of sp³-hybridized carbons (Fsp3) is 0.324. The number of imide groups is 2. The Morgan fingerprint density at radius 3 is 2.32 bits per heavy atom. The van der Waals surface area contributed by atoms with Gasteiger partial charge < -0.3 is 9.84 Å². The van der Waals surface area contributed by atoms with E-state index in [2.05, 4.69) is 10.4 Å². The van der Waals surface area contributed by atoms with Crippen LogP contribution in [0.5, 0.6) is 11.5 Å². The molecule has 0 bridgehead atoms. The van der Waals surface area contributed by atoms with Crippen LogP contribution in [0.2, 0.25) is 15.1 Å². The molecule has 2 aliphatic carbocycles. The van der Waals surface area contributed by atoms with Crippen molar-refractivity contribution in [3.63, 3.8) is 0 Å². The molecule has 0 spiro atoms. The number of carbonyl (C=O) groups is 4. The zero-order chi connectivity index (χ0) is 36.0. The average molecular weight is 750 g/mol. The van der Waals surface area contributed by atoms with Crippen LogP contribution in [0.25, 0.3) is 0 Å². The number of fused-ring (bicyclic) bond motifs is 4. The number of allylic oxidation sites excluding steroid dienone is 2. The minimum absolute atomic E-state index is 0.0222. The van der Waals surface area contributed by atoms with Crippen molar-refractivity contribution in [1.29, 1.82) is 0 Å². The van der Waals surface area contributed by atoms with E-state index >= 15 is 4.79 Å². The summed E-state index contributed by atoms with van der Waals surface area (Å²) in [5.41, 5.74) is 0.990. The van der Waals surface area contributed by atoms with Crippen molar-refractivity contribution in [3.05, 3.63) is 92.1 Å². The van der Waals surface area contributed by atoms with Crippen molar-refractivity contribution < 1.29 is 42.2 Å².